The first-order valence-corrected chi connectivity index (χ1v) is 10.2. The van der Waals surface area contributed by atoms with Gasteiger partial charge < -0.3 is 9.47 Å². The minimum absolute atomic E-state index is 0.0153. The Balaban J connectivity index is 2.14. The van der Waals surface area contributed by atoms with Crippen molar-refractivity contribution in [3.05, 3.63) is 53.3 Å². The number of alkyl halides is 3. The zero-order chi connectivity index (χ0) is 22.1. The number of fused-ring (bicyclic) bond motifs is 1. The number of carbonyl (C=O) groups excluding carboxylic acids is 1. The van der Waals surface area contributed by atoms with E-state index in [2.05, 4.69) is 14.5 Å². The second-order valence-electron chi connectivity index (χ2n) is 6.04. The van der Waals surface area contributed by atoms with Gasteiger partial charge in [-0.3, -0.25) is 4.79 Å². The van der Waals surface area contributed by atoms with Crippen LogP contribution < -0.4 is 4.74 Å². The van der Waals surface area contributed by atoms with Gasteiger partial charge in [-0.2, -0.15) is 0 Å². The minimum Gasteiger partial charge on any atom is -0.469 e. The Morgan fingerprint density at radius 1 is 1.20 bits per heavy atom. The Labute approximate surface area is 174 Å². The number of esters is 1. The maximum atomic E-state index is 13.3. The van der Waals surface area contributed by atoms with Crippen molar-refractivity contribution in [1.29, 1.82) is 0 Å². The summed E-state index contributed by atoms with van der Waals surface area (Å²) in [6, 6.07) is 8.25. The average Bonchev–Trinajstić information content (AvgIpc) is 3.03. The van der Waals surface area contributed by atoms with Gasteiger partial charge >= 0.3 is 12.3 Å². The molecule has 0 radical (unpaired) electrons. The van der Waals surface area contributed by atoms with Crippen LogP contribution in [0.3, 0.4) is 0 Å². The Morgan fingerprint density at radius 3 is 2.60 bits per heavy atom. The van der Waals surface area contributed by atoms with Gasteiger partial charge in [0, 0.05) is 11.8 Å². The molecule has 0 fully saturated rings. The molecule has 0 saturated carbocycles. The summed E-state index contributed by atoms with van der Waals surface area (Å²) in [5.74, 6) is -1.24. The molecular formula is C18H14ClF3N2O5S. The molecule has 0 N–H and O–H groups in total. The van der Waals surface area contributed by atoms with Crippen LogP contribution in [0.25, 0.3) is 11.0 Å². The summed E-state index contributed by atoms with van der Waals surface area (Å²) in [5.41, 5.74) is 0.586. The molecule has 0 aliphatic heterocycles. The van der Waals surface area contributed by atoms with E-state index < -0.39 is 33.0 Å². The summed E-state index contributed by atoms with van der Waals surface area (Å²) in [4.78, 5) is 15.2. The second-order valence-corrected chi connectivity index (χ2v) is 8.22. The molecule has 0 bridgehead atoms. The number of carbonyl (C=O) groups is 1. The number of aryl methyl sites for hydroxylation is 1. The molecule has 7 nitrogen and oxygen atoms in total. The van der Waals surface area contributed by atoms with E-state index in [0.717, 1.165) is 28.2 Å². The van der Waals surface area contributed by atoms with E-state index in [1.807, 2.05) is 0 Å². The molecule has 3 aromatic rings. The van der Waals surface area contributed by atoms with E-state index in [4.69, 9.17) is 11.6 Å². The van der Waals surface area contributed by atoms with Crippen LogP contribution in [-0.4, -0.2) is 36.8 Å². The van der Waals surface area contributed by atoms with Gasteiger partial charge in [-0.15, -0.1) is 13.2 Å². The summed E-state index contributed by atoms with van der Waals surface area (Å²) in [7, 11) is -3.17. The van der Waals surface area contributed by atoms with Crippen molar-refractivity contribution in [2.75, 3.05) is 7.11 Å². The first-order chi connectivity index (χ1) is 14.0. The third kappa shape index (κ3) is 4.68. The lowest BCUT2D eigenvalue weighted by molar-refractivity contribution is -0.274. The molecule has 0 spiro atoms. The summed E-state index contributed by atoms with van der Waals surface area (Å²) in [5, 5.41) is 0.122. The molecule has 0 atom stereocenters. The zero-order valence-electron chi connectivity index (χ0n) is 15.3. The number of methoxy groups -OCH3 is 1. The van der Waals surface area contributed by atoms with Crippen LogP contribution in [0.1, 0.15) is 12.1 Å². The molecular weight excluding hydrogens is 449 g/mol. The number of ether oxygens (including phenoxy) is 2. The molecule has 0 unspecified atom stereocenters. The molecule has 1 aromatic carbocycles. The van der Waals surface area contributed by atoms with Gasteiger partial charge in [-0.05, 0) is 36.8 Å². The Kier molecular flexibility index (Phi) is 5.95. The van der Waals surface area contributed by atoms with E-state index in [1.54, 1.807) is 0 Å². The number of pyridine rings is 1. The number of halogens is 4. The summed E-state index contributed by atoms with van der Waals surface area (Å²) >= 11 is 5.88. The van der Waals surface area contributed by atoms with Crippen molar-refractivity contribution in [2.45, 2.75) is 24.1 Å². The molecule has 30 heavy (non-hydrogen) atoms. The van der Waals surface area contributed by atoms with E-state index in [0.29, 0.717) is 0 Å². The maximum absolute atomic E-state index is 13.3. The largest absolute Gasteiger partial charge is 0.573 e. The van der Waals surface area contributed by atoms with Gasteiger partial charge in [0.1, 0.15) is 10.9 Å². The van der Waals surface area contributed by atoms with Crippen molar-refractivity contribution in [3.8, 4) is 5.75 Å². The number of benzene rings is 1. The Hall–Kier alpha value is -2.79. The molecule has 2 heterocycles. The lowest BCUT2D eigenvalue weighted by atomic mass is 10.2. The summed E-state index contributed by atoms with van der Waals surface area (Å²) < 4.78 is 73.5. The van der Waals surface area contributed by atoms with Gasteiger partial charge in [-0.25, -0.2) is 17.4 Å². The minimum atomic E-state index is -4.98. The van der Waals surface area contributed by atoms with Gasteiger partial charge in [0.15, 0.2) is 0 Å². The Morgan fingerprint density at radius 2 is 1.93 bits per heavy atom. The number of hydrogen-bond acceptors (Lipinski definition) is 6. The second kappa shape index (κ2) is 8.15. The van der Waals surface area contributed by atoms with Crippen LogP contribution in [0.5, 0.6) is 5.75 Å². The maximum Gasteiger partial charge on any atom is 0.573 e. The fourth-order valence-corrected chi connectivity index (χ4v) is 4.57. The molecule has 0 saturated heterocycles. The normalized spacial score (nSPS) is 12.2. The third-order valence-electron chi connectivity index (χ3n) is 4.04. The highest BCUT2D eigenvalue weighted by Crippen LogP contribution is 2.30. The van der Waals surface area contributed by atoms with E-state index >= 15 is 0 Å². The van der Waals surface area contributed by atoms with Crippen LogP contribution >= 0.6 is 11.6 Å². The predicted octanol–water partition coefficient (Wildman–Crippen LogP) is 3.93. The van der Waals surface area contributed by atoms with Gasteiger partial charge in [0.25, 0.3) is 10.0 Å². The van der Waals surface area contributed by atoms with Gasteiger partial charge in [-0.1, -0.05) is 17.7 Å². The molecule has 3 rings (SSSR count). The van der Waals surface area contributed by atoms with E-state index in [-0.39, 0.29) is 34.7 Å². The summed E-state index contributed by atoms with van der Waals surface area (Å²) in [6.45, 7) is 0. The topological polar surface area (TPSA) is 87.5 Å². The number of rotatable bonds is 6. The summed E-state index contributed by atoms with van der Waals surface area (Å²) in [6.07, 6.45) is -5.11. The van der Waals surface area contributed by atoms with Crippen molar-refractivity contribution < 1.29 is 35.9 Å². The number of hydrogen-bond donors (Lipinski definition) is 0. The molecule has 0 aliphatic carbocycles. The van der Waals surface area contributed by atoms with Crippen LogP contribution in [-0.2, 0) is 26.0 Å². The molecule has 160 valence electrons. The quantitative estimate of drug-likeness (QED) is 0.407. The van der Waals surface area contributed by atoms with Crippen LogP contribution in [0.4, 0.5) is 13.2 Å². The highest BCUT2D eigenvalue weighted by atomic mass is 35.5. The van der Waals surface area contributed by atoms with E-state index in [1.165, 1.54) is 25.3 Å². The van der Waals surface area contributed by atoms with Crippen LogP contribution in [0, 0.1) is 0 Å². The van der Waals surface area contributed by atoms with Crippen LogP contribution in [0.15, 0.2) is 47.4 Å². The first kappa shape index (κ1) is 21.9. The predicted molar refractivity (Wildman–Crippen MR) is 101 cm³/mol. The molecule has 12 heteroatoms. The average molecular weight is 463 g/mol. The third-order valence-corrected chi connectivity index (χ3v) is 6.01. The van der Waals surface area contributed by atoms with Crippen LogP contribution in [0.2, 0.25) is 5.15 Å². The lowest BCUT2D eigenvalue weighted by Crippen LogP contribution is -2.19. The number of nitrogens with zero attached hydrogens (tertiary/aromatic N) is 2. The smallest absolute Gasteiger partial charge is 0.469 e. The molecule has 0 amide bonds. The highest BCUT2D eigenvalue weighted by Gasteiger charge is 2.32. The standard InChI is InChI=1S/C18H14ClF3N2O5S/c1-28-17(25)8-5-11-9-14-15(6-7-16(19)23-14)24(11)30(26,27)13-4-2-3-12(10-13)29-18(20,21)22/h2-4,6-7,9-10H,5,8H2,1H3. The van der Waals surface area contributed by atoms with E-state index in [9.17, 15) is 26.4 Å². The Bertz CT molecular complexity index is 1210. The lowest BCUT2D eigenvalue weighted by Gasteiger charge is -2.14. The molecule has 0 aliphatic rings. The fourth-order valence-electron chi connectivity index (χ4n) is 2.82. The molecule has 2 aromatic heterocycles. The monoisotopic (exact) mass is 462 g/mol. The first-order valence-electron chi connectivity index (χ1n) is 8.36. The van der Waals surface area contributed by atoms with Gasteiger partial charge in [0.2, 0.25) is 0 Å². The van der Waals surface area contributed by atoms with Gasteiger partial charge in [0.05, 0.1) is 29.5 Å². The zero-order valence-corrected chi connectivity index (χ0v) is 16.9. The van der Waals surface area contributed by atoms with Crippen molar-refractivity contribution >= 4 is 38.6 Å². The van der Waals surface area contributed by atoms with Crippen molar-refractivity contribution in [2.24, 2.45) is 0 Å². The fraction of sp³-hybridized carbons (Fsp3) is 0.222. The van der Waals surface area contributed by atoms with Crippen molar-refractivity contribution in [1.82, 2.24) is 8.96 Å². The van der Waals surface area contributed by atoms with Crippen molar-refractivity contribution in [3.63, 3.8) is 0 Å². The number of aromatic nitrogens is 2. The SMILES string of the molecule is COC(=O)CCc1cc2nc(Cl)ccc2n1S(=O)(=O)c1cccc(OC(F)(F)F)c1. The highest BCUT2D eigenvalue weighted by molar-refractivity contribution is 7.90.